The highest BCUT2D eigenvalue weighted by molar-refractivity contribution is 5.97. The quantitative estimate of drug-likeness (QED) is 0.458. The lowest BCUT2D eigenvalue weighted by atomic mass is 10.0. The number of halogens is 1. The summed E-state index contributed by atoms with van der Waals surface area (Å²) in [5, 5.41) is 10.1. The third kappa shape index (κ3) is 3.27. The van der Waals surface area contributed by atoms with Crippen molar-refractivity contribution >= 4 is 17.1 Å². The molecule has 1 aromatic heterocycles. The highest BCUT2D eigenvalue weighted by Crippen LogP contribution is 2.36. The zero-order valence-corrected chi connectivity index (χ0v) is 14.9. The van der Waals surface area contributed by atoms with Crippen molar-refractivity contribution in [3.63, 3.8) is 0 Å². The van der Waals surface area contributed by atoms with E-state index in [0.717, 1.165) is 22.6 Å². The maximum Gasteiger partial charge on any atom is 0.246 e. The third-order valence-corrected chi connectivity index (χ3v) is 4.30. The van der Waals surface area contributed by atoms with Crippen LogP contribution in [0.2, 0.25) is 0 Å². The van der Waals surface area contributed by atoms with Gasteiger partial charge in [-0.05, 0) is 48.5 Å². The van der Waals surface area contributed by atoms with Crippen LogP contribution in [0.3, 0.4) is 0 Å². The Kier molecular flexibility index (Phi) is 4.68. The Hall–Kier alpha value is -3.80. The van der Waals surface area contributed by atoms with Gasteiger partial charge in [-0.25, -0.2) is 4.39 Å². The first kappa shape index (κ1) is 17.6. The van der Waals surface area contributed by atoms with Gasteiger partial charge in [0.25, 0.3) is 0 Å². The molecule has 1 heterocycles. The van der Waals surface area contributed by atoms with E-state index in [-0.39, 0.29) is 5.82 Å². The van der Waals surface area contributed by atoms with Crippen molar-refractivity contribution < 1.29 is 18.7 Å². The molecule has 28 heavy (non-hydrogen) atoms. The summed E-state index contributed by atoms with van der Waals surface area (Å²) in [5.74, 6) is 0.825. The maximum atomic E-state index is 13.3. The van der Waals surface area contributed by atoms with Crippen LogP contribution in [0.25, 0.3) is 22.0 Å². The summed E-state index contributed by atoms with van der Waals surface area (Å²) < 4.78 is 24.5. The van der Waals surface area contributed by atoms with Crippen LogP contribution in [0.4, 0.5) is 4.39 Å². The second kappa shape index (κ2) is 7.44. The van der Waals surface area contributed by atoms with Crippen molar-refractivity contribution in [2.24, 2.45) is 0 Å². The smallest absolute Gasteiger partial charge is 0.246 e. The first-order valence-corrected chi connectivity index (χ1v) is 8.52. The number of carbonyl (C=O) groups excluding carboxylic acids is 1. The van der Waals surface area contributed by atoms with Crippen molar-refractivity contribution in [2.45, 2.75) is 0 Å². The monoisotopic (exact) mass is 374 g/mol. The number of nitrogens with zero attached hydrogens (tertiary/aromatic N) is 2. The lowest BCUT2D eigenvalue weighted by Gasteiger charge is -2.13. The average Bonchev–Trinajstić information content (AvgIpc) is 2.75. The summed E-state index contributed by atoms with van der Waals surface area (Å²) in [7, 11) is 1.50. The highest BCUT2D eigenvalue weighted by Gasteiger charge is 2.14. The predicted molar refractivity (Wildman–Crippen MR) is 103 cm³/mol. The lowest BCUT2D eigenvalue weighted by molar-refractivity contribution is 0.112. The molecule has 0 amide bonds. The second-order valence-corrected chi connectivity index (χ2v) is 6.04. The van der Waals surface area contributed by atoms with E-state index in [2.05, 4.69) is 10.2 Å². The molecule has 0 spiro atoms. The number of aromatic nitrogens is 2. The molecule has 0 aliphatic carbocycles. The fourth-order valence-electron chi connectivity index (χ4n) is 2.92. The number of benzene rings is 3. The summed E-state index contributed by atoms with van der Waals surface area (Å²) in [4.78, 5) is 11.0. The molecule has 4 rings (SSSR count). The van der Waals surface area contributed by atoms with Gasteiger partial charge in [0.2, 0.25) is 5.88 Å². The Labute approximate surface area is 160 Å². The Morgan fingerprint density at radius 3 is 2.36 bits per heavy atom. The van der Waals surface area contributed by atoms with Crippen molar-refractivity contribution in [3.05, 3.63) is 78.1 Å². The zero-order chi connectivity index (χ0) is 19.5. The van der Waals surface area contributed by atoms with Gasteiger partial charge in [0.05, 0.1) is 7.11 Å². The summed E-state index contributed by atoms with van der Waals surface area (Å²) in [6, 6.07) is 18.5. The minimum absolute atomic E-state index is 0.304. The molecule has 0 aliphatic heterocycles. The molecular formula is C22H15FN2O3. The van der Waals surface area contributed by atoms with Crippen LogP contribution >= 0.6 is 0 Å². The van der Waals surface area contributed by atoms with Gasteiger partial charge in [-0.15, -0.1) is 10.2 Å². The number of rotatable bonds is 5. The average molecular weight is 374 g/mol. The van der Waals surface area contributed by atoms with Crippen LogP contribution in [0.15, 0.2) is 66.7 Å². The minimum atomic E-state index is -0.313. The Morgan fingerprint density at radius 2 is 1.64 bits per heavy atom. The van der Waals surface area contributed by atoms with E-state index in [4.69, 9.17) is 9.47 Å². The Morgan fingerprint density at radius 1 is 0.893 bits per heavy atom. The third-order valence-electron chi connectivity index (χ3n) is 4.30. The van der Waals surface area contributed by atoms with Gasteiger partial charge in [-0.1, -0.05) is 18.2 Å². The van der Waals surface area contributed by atoms with E-state index in [0.29, 0.717) is 28.6 Å². The van der Waals surface area contributed by atoms with Crippen LogP contribution in [0.1, 0.15) is 10.4 Å². The Balaban J connectivity index is 1.81. The van der Waals surface area contributed by atoms with E-state index < -0.39 is 0 Å². The number of carbonyl (C=O) groups is 1. The van der Waals surface area contributed by atoms with E-state index in [1.165, 1.54) is 19.2 Å². The van der Waals surface area contributed by atoms with Crippen LogP contribution < -0.4 is 9.47 Å². The van der Waals surface area contributed by atoms with Gasteiger partial charge >= 0.3 is 0 Å². The molecule has 0 atom stereocenters. The zero-order valence-electron chi connectivity index (χ0n) is 14.9. The molecule has 0 saturated heterocycles. The van der Waals surface area contributed by atoms with Gasteiger partial charge < -0.3 is 9.47 Å². The molecule has 0 saturated carbocycles. The highest BCUT2D eigenvalue weighted by atomic mass is 19.1. The summed E-state index contributed by atoms with van der Waals surface area (Å²) in [5.41, 5.74) is 1.86. The fraction of sp³-hybridized carbons (Fsp3) is 0.0455. The van der Waals surface area contributed by atoms with E-state index in [1.54, 1.807) is 30.3 Å². The molecule has 138 valence electrons. The van der Waals surface area contributed by atoms with Crippen molar-refractivity contribution in [1.29, 1.82) is 0 Å². The molecule has 0 radical (unpaired) electrons. The van der Waals surface area contributed by atoms with Gasteiger partial charge in [-0.2, -0.15) is 0 Å². The molecule has 0 N–H and O–H groups in total. The van der Waals surface area contributed by atoms with Crippen molar-refractivity contribution in [2.75, 3.05) is 7.11 Å². The normalized spacial score (nSPS) is 10.6. The molecule has 0 aliphatic rings. The molecule has 3 aromatic carbocycles. The largest absolute Gasteiger partial charge is 0.493 e. The molecule has 5 nitrogen and oxygen atoms in total. The van der Waals surface area contributed by atoms with Crippen molar-refractivity contribution in [1.82, 2.24) is 10.2 Å². The summed E-state index contributed by atoms with van der Waals surface area (Å²) in [6.45, 7) is 0. The van der Waals surface area contributed by atoms with Gasteiger partial charge in [0.1, 0.15) is 17.8 Å². The fourth-order valence-corrected chi connectivity index (χ4v) is 2.92. The van der Waals surface area contributed by atoms with Crippen LogP contribution in [0, 0.1) is 5.82 Å². The van der Waals surface area contributed by atoms with Crippen LogP contribution in [0.5, 0.6) is 17.4 Å². The number of hydrogen-bond acceptors (Lipinski definition) is 5. The number of methoxy groups -OCH3 is 1. The minimum Gasteiger partial charge on any atom is -0.493 e. The molecular weight excluding hydrogens is 359 g/mol. The summed E-state index contributed by atoms with van der Waals surface area (Å²) in [6.07, 6.45) is 0.735. The van der Waals surface area contributed by atoms with Gasteiger partial charge in [0.15, 0.2) is 11.5 Å². The number of hydrogen-bond donors (Lipinski definition) is 0. The van der Waals surface area contributed by atoms with Crippen molar-refractivity contribution in [3.8, 4) is 28.6 Å². The number of ether oxygens (including phenoxy) is 2. The molecule has 0 fully saturated rings. The van der Waals surface area contributed by atoms with Gasteiger partial charge in [-0.3, -0.25) is 4.79 Å². The topological polar surface area (TPSA) is 61.3 Å². The van der Waals surface area contributed by atoms with E-state index in [1.807, 2.05) is 24.3 Å². The molecule has 4 aromatic rings. The predicted octanol–water partition coefficient (Wildman–Crippen LogP) is 5.05. The molecule has 0 bridgehead atoms. The van der Waals surface area contributed by atoms with E-state index in [9.17, 15) is 9.18 Å². The maximum absolute atomic E-state index is 13.3. The van der Waals surface area contributed by atoms with E-state index >= 15 is 0 Å². The lowest BCUT2D eigenvalue weighted by Crippen LogP contribution is -1.98. The number of fused-ring (bicyclic) bond motifs is 1. The van der Waals surface area contributed by atoms with Gasteiger partial charge in [0, 0.05) is 21.9 Å². The standard InChI is InChI=1S/C22H15FN2O3/c1-27-20-12-14(13-26)6-11-19(20)28-22-18-5-3-2-4-17(18)21(24-25-22)15-7-9-16(23)10-8-15/h2-13H,1H3. The Bertz CT molecular complexity index is 1160. The first-order chi connectivity index (χ1) is 13.7. The first-order valence-electron chi connectivity index (χ1n) is 8.52. The SMILES string of the molecule is COc1cc(C=O)ccc1Oc1nnc(-c2ccc(F)cc2)c2ccccc12. The van der Waals surface area contributed by atoms with Crippen LogP contribution in [-0.4, -0.2) is 23.6 Å². The second-order valence-electron chi connectivity index (χ2n) is 6.04. The van der Waals surface area contributed by atoms with Crippen LogP contribution in [-0.2, 0) is 0 Å². The molecule has 0 unspecified atom stereocenters. The molecule has 6 heteroatoms. The summed E-state index contributed by atoms with van der Waals surface area (Å²) >= 11 is 0. The number of aldehydes is 1.